The first-order chi connectivity index (χ1) is 7.80. The molecule has 1 nitrogen and oxygen atoms in total. The smallest absolute Gasteiger partial charge is 0.248 e. The molecule has 0 bridgehead atoms. The Bertz CT molecular complexity index is 233. The van der Waals surface area contributed by atoms with Crippen LogP contribution in [0.2, 0.25) is 0 Å². The van der Waals surface area contributed by atoms with E-state index in [9.17, 15) is 4.79 Å². The number of carbonyl (C=O) groups is 1. The van der Waals surface area contributed by atoms with Crippen molar-refractivity contribution in [2.45, 2.75) is 70.6 Å². The Morgan fingerprint density at radius 3 is 1.94 bits per heavy atom. The summed E-state index contributed by atoms with van der Waals surface area (Å²) in [5.74, 6) is 0. The second-order valence-electron chi connectivity index (χ2n) is 4.72. The zero-order valence-electron chi connectivity index (χ0n) is 10.1. The van der Waals surface area contributed by atoms with E-state index >= 15 is 0 Å². The minimum Gasteiger partial charge on any atom is -0.276 e. The highest BCUT2D eigenvalue weighted by atomic mass is 35.5. The number of carbonyl (C=O) groups excluding carboxylic acids is 1. The van der Waals surface area contributed by atoms with Gasteiger partial charge in [0.15, 0.2) is 0 Å². The molecule has 1 aliphatic rings. The average molecular weight is 243 g/mol. The Balaban J connectivity index is 2.40. The molecule has 2 heteroatoms. The van der Waals surface area contributed by atoms with Crippen molar-refractivity contribution in [1.82, 2.24) is 0 Å². The van der Waals surface area contributed by atoms with Gasteiger partial charge in [-0.25, -0.2) is 0 Å². The van der Waals surface area contributed by atoms with Crippen LogP contribution in [0, 0.1) is 0 Å². The third kappa shape index (κ3) is 6.32. The van der Waals surface area contributed by atoms with Crippen LogP contribution >= 0.6 is 11.6 Å². The van der Waals surface area contributed by atoms with Gasteiger partial charge in [-0.2, -0.15) is 0 Å². The lowest BCUT2D eigenvalue weighted by Crippen LogP contribution is -1.94. The Labute approximate surface area is 104 Å². The Morgan fingerprint density at radius 1 is 0.875 bits per heavy atom. The largest absolute Gasteiger partial charge is 0.276 e. The molecule has 0 atom stereocenters. The molecular formula is C14H23ClO. The summed E-state index contributed by atoms with van der Waals surface area (Å²) in [5, 5.41) is -0.241. The lowest BCUT2D eigenvalue weighted by molar-refractivity contribution is -0.108. The van der Waals surface area contributed by atoms with E-state index in [4.69, 9.17) is 11.6 Å². The molecule has 0 aromatic carbocycles. The van der Waals surface area contributed by atoms with E-state index < -0.39 is 0 Å². The summed E-state index contributed by atoms with van der Waals surface area (Å²) < 4.78 is 0. The van der Waals surface area contributed by atoms with Crippen molar-refractivity contribution in [2.24, 2.45) is 0 Å². The highest BCUT2D eigenvalue weighted by Crippen LogP contribution is 2.18. The number of allylic oxidation sites excluding steroid dienone is 2. The summed E-state index contributed by atoms with van der Waals surface area (Å²) in [6.07, 6.45) is 15.6. The van der Waals surface area contributed by atoms with Gasteiger partial charge >= 0.3 is 0 Å². The molecule has 0 fully saturated rings. The van der Waals surface area contributed by atoms with Gasteiger partial charge in [-0.3, -0.25) is 4.79 Å². The molecule has 0 unspecified atom stereocenters. The number of rotatable bonds is 1. The van der Waals surface area contributed by atoms with Gasteiger partial charge in [-0.15, -0.1) is 0 Å². The topological polar surface area (TPSA) is 17.1 Å². The minimum atomic E-state index is -0.241. The molecule has 0 aromatic rings. The Kier molecular flexibility index (Phi) is 7.58. The fourth-order valence-corrected chi connectivity index (χ4v) is 2.43. The van der Waals surface area contributed by atoms with Gasteiger partial charge in [0.25, 0.3) is 0 Å². The fraction of sp³-hybridized carbons (Fsp3) is 0.786. The van der Waals surface area contributed by atoms with Gasteiger partial charge in [0.05, 0.1) is 0 Å². The van der Waals surface area contributed by atoms with Gasteiger partial charge in [0.1, 0.15) is 0 Å². The zero-order chi connectivity index (χ0) is 11.6. The van der Waals surface area contributed by atoms with Crippen LogP contribution < -0.4 is 0 Å². The van der Waals surface area contributed by atoms with Crippen molar-refractivity contribution in [2.75, 3.05) is 0 Å². The normalized spacial score (nSPS) is 24.4. The molecule has 0 aliphatic heterocycles. The first kappa shape index (κ1) is 13.8. The van der Waals surface area contributed by atoms with Crippen LogP contribution in [-0.2, 0) is 4.79 Å². The second-order valence-corrected chi connectivity index (χ2v) is 5.07. The second kappa shape index (κ2) is 8.81. The molecule has 1 rings (SSSR count). The monoisotopic (exact) mass is 242 g/mol. The molecule has 92 valence electrons. The molecular weight excluding hydrogens is 220 g/mol. The maximum atomic E-state index is 11.2. The van der Waals surface area contributed by atoms with Crippen LogP contribution in [0.15, 0.2) is 11.6 Å². The predicted octanol–water partition coefficient (Wildman–Crippen LogP) is 4.98. The third-order valence-corrected chi connectivity index (χ3v) is 3.54. The van der Waals surface area contributed by atoms with Crippen LogP contribution in [0.5, 0.6) is 0 Å². The van der Waals surface area contributed by atoms with E-state index in [1.165, 1.54) is 51.4 Å². The lowest BCUT2D eigenvalue weighted by Gasteiger charge is -2.02. The molecule has 0 heterocycles. The maximum Gasteiger partial charge on any atom is 0.248 e. The van der Waals surface area contributed by atoms with Crippen molar-refractivity contribution in [3.63, 3.8) is 0 Å². The van der Waals surface area contributed by atoms with E-state index in [1.807, 2.05) is 0 Å². The molecule has 1 aliphatic carbocycles. The molecule has 0 aromatic heterocycles. The van der Waals surface area contributed by atoms with E-state index in [0.717, 1.165) is 24.8 Å². The van der Waals surface area contributed by atoms with Crippen LogP contribution in [0.1, 0.15) is 70.6 Å². The molecule has 0 amide bonds. The van der Waals surface area contributed by atoms with E-state index in [-0.39, 0.29) is 5.24 Å². The van der Waals surface area contributed by atoms with Crippen LogP contribution in [0.4, 0.5) is 0 Å². The Morgan fingerprint density at radius 2 is 1.38 bits per heavy atom. The van der Waals surface area contributed by atoms with Gasteiger partial charge in [-0.05, 0) is 37.3 Å². The lowest BCUT2D eigenvalue weighted by atomic mass is 10.1. The highest BCUT2D eigenvalue weighted by molar-refractivity contribution is 6.67. The molecule has 0 N–H and O–H groups in total. The summed E-state index contributed by atoms with van der Waals surface area (Å²) in [6, 6.07) is 0. The zero-order valence-corrected chi connectivity index (χ0v) is 10.9. The molecule has 0 saturated carbocycles. The van der Waals surface area contributed by atoms with Crippen molar-refractivity contribution in [1.29, 1.82) is 0 Å². The maximum absolute atomic E-state index is 11.2. The van der Waals surface area contributed by atoms with Crippen molar-refractivity contribution < 1.29 is 4.79 Å². The van der Waals surface area contributed by atoms with E-state index in [2.05, 4.69) is 6.08 Å². The van der Waals surface area contributed by atoms with Gasteiger partial charge < -0.3 is 0 Å². The van der Waals surface area contributed by atoms with Crippen molar-refractivity contribution in [3.8, 4) is 0 Å². The summed E-state index contributed by atoms with van der Waals surface area (Å²) in [5.41, 5.74) is 0.848. The van der Waals surface area contributed by atoms with E-state index in [1.54, 1.807) is 0 Å². The van der Waals surface area contributed by atoms with Crippen LogP contribution in [0.3, 0.4) is 0 Å². The van der Waals surface area contributed by atoms with Crippen molar-refractivity contribution >= 4 is 16.8 Å². The molecule has 16 heavy (non-hydrogen) atoms. The average Bonchev–Trinajstić information content (AvgIpc) is 2.28. The van der Waals surface area contributed by atoms with Crippen LogP contribution in [0.25, 0.3) is 0 Å². The van der Waals surface area contributed by atoms with Gasteiger partial charge in [0.2, 0.25) is 5.24 Å². The summed E-state index contributed by atoms with van der Waals surface area (Å²) in [7, 11) is 0. The first-order valence-electron chi connectivity index (χ1n) is 6.69. The summed E-state index contributed by atoms with van der Waals surface area (Å²) in [4.78, 5) is 11.2. The summed E-state index contributed by atoms with van der Waals surface area (Å²) >= 11 is 5.57. The van der Waals surface area contributed by atoms with Crippen molar-refractivity contribution in [3.05, 3.63) is 11.6 Å². The Hall–Kier alpha value is -0.300. The molecule has 0 radical (unpaired) electrons. The SMILES string of the molecule is O=C(Cl)/C1=C/CCCCCCCCCCC1. The highest BCUT2D eigenvalue weighted by Gasteiger charge is 2.05. The van der Waals surface area contributed by atoms with E-state index in [0.29, 0.717) is 0 Å². The standard InChI is InChI=1S/C14H23ClO/c15-14(16)13-11-9-7-5-3-1-2-4-6-8-10-12-13/h11H,1-10,12H2/b13-11+. The number of hydrogen-bond acceptors (Lipinski definition) is 1. The first-order valence-corrected chi connectivity index (χ1v) is 7.07. The third-order valence-electron chi connectivity index (χ3n) is 3.29. The molecule has 0 saturated heterocycles. The molecule has 0 spiro atoms. The van der Waals surface area contributed by atoms with Crippen LogP contribution in [-0.4, -0.2) is 5.24 Å². The minimum absolute atomic E-state index is 0.241. The number of halogens is 1. The number of hydrogen-bond donors (Lipinski definition) is 0. The van der Waals surface area contributed by atoms with Gasteiger partial charge in [-0.1, -0.05) is 51.0 Å². The quantitative estimate of drug-likeness (QED) is 0.593. The van der Waals surface area contributed by atoms with Gasteiger partial charge in [0, 0.05) is 5.57 Å². The fourth-order valence-electron chi connectivity index (χ4n) is 2.25. The summed E-state index contributed by atoms with van der Waals surface area (Å²) in [6.45, 7) is 0. The predicted molar refractivity (Wildman–Crippen MR) is 69.7 cm³/mol.